The number of hydrogen-bond acceptors (Lipinski definition) is 8. The fraction of sp³-hybridized carbons (Fsp3) is 0.308. The molecular weight excluding hydrogens is 494 g/mol. The fourth-order valence-corrected chi connectivity index (χ4v) is 4.30. The summed E-state index contributed by atoms with van der Waals surface area (Å²) in [4.78, 5) is 40.6. The normalized spacial score (nSPS) is 12.4. The van der Waals surface area contributed by atoms with Gasteiger partial charge in [0.2, 0.25) is 5.91 Å². The Hall–Kier alpha value is -3.96. The van der Waals surface area contributed by atoms with Gasteiger partial charge in [0.05, 0.1) is 6.04 Å². The van der Waals surface area contributed by atoms with E-state index in [9.17, 15) is 19.5 Å². The van der Waals surface area contributed by atoms with Gasteiger partial charge in [-0.2, -0.15) is 0 Å². The molecule has 1 heterocycles. The van der Waals surface area contributed by atoms with Crippen molar-refractivity contribution in [2.75, 3.05) is 6.54 Å². The number of alkyl carbamates (subject to hydrolysis) is 1. The highest BCUT2D eigenvalue weighted by Gasteiger charge is 2.22. The van der Waals surface area contributed by atoms with Crippen molar-refractivity contribution in [1.82, 2.24) is 15.6 Å². The minimum absolute atomic E-state index is 0.104. The van der Waals surface area contributed by atoms with Crippen LogP contribution >= 0.6 is 11.3 Å². The number of aromatic nitrogens is 1. The summed E-state index contributed by atoms with van der Waals surface area (Å²) in [5.41, 5.74) is 13.5. The quantitative estimate of drug-likeness (QED) is 0.214. The number of nitrogens with zero attached hydrogens (tertiary/aromatic N) is 1. The monoisotopic (exact) mass is 525 g/mol. The zero-order chi connectivity index (χ0) is 26.6. The van der Waals surface area contributed by atoms with Crippen molar-refractivity contribution < 1.29 is 24.2 Å². The number of amides is 3. The van der Waals surface area contributed by atoms with E-state index < -0.39 is 23.9 Å². The minimum Gasteiger partial charge on any atom is -0.508 e. The minimum atomic E-state index is -0.928. The average molecular weight is 526 g/mol. The molecule has 2 aromatic carbocycles. The molecule has 3 aromatic rings. The number of carbonyl (C=O) groups is 3. The average Bonchev–Trinajstić information content (AvgIpc) is 3.39. The fourth-order valence-electron chi connectivity index (χ4n) is 3.46. The second-order valence-corrected chi connectivity index (χ2v) is 9.35. The van der Waals surface area contributed by atoms with E-state index in [1.165, 1.54) is 23.5 Å². The zero-order valence-electron chi connectivity index (χ0n) is 20.3. The number of rotatable bonds is 13. The van der Waals surface area contributed by atoms with Crippen molar-refractivity contribution in [2.24, 2.45) is 11.5 Å². The Labute approximate surface area is 219 Å². The number of phenols is 1. The van der Waals surface area contributed by atoms with Gasteiger partial charge in [-0.3, -0.25) is 9.59 Å². The predicted molar refractivity (Wildman–Crippen MR) is 140 cm³/mol. The van der Waals surface area contributed by atoms with Crippen LogP contribution < -0.4 is 22.1 Å². The lowest BCUT2D eigenvalue weighted by molar-refractivity contribution is -0.119. The van der Waals surface area contributed by atoms with Gasteiger partial charge in [0.15, 0.2) is 0 Å². The molecule has 0 bridgehead atoms. The zero-order valence-corrected chi connectivity index (χ0v) is 21.1. The molecule has 0 saturated carbocycles. The van der Waals surface area contributed by atoms with E-state index >= 15 is 0 Å². The summed E-state index contributed by atoms with van der Waals surface area (Å²) >= 11 is 1.27. The van der Waals surface area contributed by atoms with Gasteiger partial charge in [-0.05, 0) is 42.5 Å². The molecule has 0 aliphatic carbocycles. The Morgan fingerprint density at radius 1 is 1.03 bits per heavy atom. The van der Waals surface area contributed by atoms with Gasteiger partial charge >= 0.3 is 6.09 Å². The molecular formula is C26H31N5O5S. The summed E-state index contributed by atoms with van der Waals surface area (Å²) in [5.74, 6) is -1.09. The Balaban J connectivity index is 1.38. The summed E-state index contributed by atoms with van der Waals surface area (Å²) in [7, 11) is 0. The van der Waals surface area contributed by atoms with Gasteiger partial charge < -0.3 is 31.9 Å². The lowest BCUT2D eigenvalue weighted by atomic mass is 10.1. The van der Waals surface area contributed by atoms with Crippen LogP contribution in [0.15, 0.2) is 60.0 Å². The topological polar surface area (TPSA) is 170 Å². The van der Waals surface area contributed by atoms with Crippen molar-refractivity contribution in [3.05, 3.63) is 81.8 Å². The smallest absolute Gasteiger partial charge is 0.407 e. The van der Waals surface area contributed by atoms with E-state index in [4.69, 9.17) is 16.2 Å². The molecule has 3 amide bonds. The molecule has 2 atom stereocenters. The maximum atomic E-state index is 12.6. The molecule has 196 valence electrons. The lowest BCUT2D eigenvalue weighted by Gasteiger charge is -2.15. The van der Waals surface area contributed by atoms with Crippen LogP contribution in [0.2, 0.25) is 0 Å². The van der Waals surface area contributed by atoms with Crippen molar-refractivity contribution in [3.8, 4) is 5.75 Å². The molecule has 0 saturated heterocycles. The largest absolute Gasteiger partial charge is 0.508 e. The van der Waals surface area contributed by atoms with Gasteiger partial charge in [0.1, 0.15) is 29.1 Å². The van der Waals surface area contributed by atoms with Crippen LogP contribution in [0.4, 0.5) is 4.79 Å². The maximum Gasteiger partial charge on any atom is 0.407 e. The number of hydrogen-bond donors (Lipinski definition) is 5. The molecule has 37 heavy (non-hydrogen) atoms. The van der Waals surface area contributed by atoms with Gasteiger partial charge in [0.25, 0.3) is 5.91 Å². The summed E-state index contributed by atoms with van der Waals surface area (Å²) in [6, 6.07) is 14.4. The standard InChI is InChI=1S/C26H31N5O5S/c27-20(8-4-5-13-29-26(35)36-15-18-6-2-1-3-7-18)25-31-22(16-37-25)24(34)30-21(23(28)33)14-17-9-11-19(32)12-10-17/h1-3,6-7,9-12,16,20-21,32H,4-5,8,13-15,27H2,(H2,28,33)(H,29,35)(H,30,34). The second-order valence-electron chi connectivity index (χ2n) is 8.46. The van der Waals surface area contributed by atoms with Crippen LogP contribution in [0.1, 0.15) is 51.9 Å². The number of phenolic OH excluding ortho intramolecular Hbond substituents is 1. The molecule has 7 N–H and O–H groups in total. The highest BCUT2D eigenvalue weighted by molar-refractivity contribution is 7.09. The Kier molecular flexibility index (Phi) is 10.4. The highest BCUT2D eigenvalue weighted by Crippen LogP contribution is 2.21. The number of nitrogens with one attached hydrogen (secondary N) is 2. The third-order valence-electron chi connectivity index (χ3n) is 5.52. The number of primary amides is 1. The van der Waals surface area contributed by atoms with Crippen LogP contribution in [-0.4, -0.2) is 40.6 Å². The number of unbranched alkanes of at least 4 members (excludes halogenated alkanes) is 1. The Bertz CT molecular complexity index is 1170. The van der Waals surface area contributed by atoms with Gasteiger partial charge in [-0.25, -0.2) is 9.78 Å². The van der Waals surface area contributed by atoms with E-state index in [0.29, 0.717) is 24.4 Å². The summed E-state index contributed by atoms with van der Waals surface area (Å²) in [6.07, 6.45) is 1.80. The Morgan fingerprint density at radius 3 is 2.46 bits per heavy atom. The third-order valence-corrected chi connectivity index (χ3v) is 6.50. The molecule has 2 unspecified atom stereocenters. The van der Waals surface area contributed by atoms with Crippen molar-refractivity contribution in [2.45, 2.75) is 44.4 Å². The lowest BCUT2D eigenvalue weighted by Crippen LogP contribution is -2.46. The maximum absolute atomic E-state index is 12.6. The first kappa shape index (κ1) is 27.6. The number of aromatic hydroxyl groups is 1. The molecule has 0 aliphatic heterocycles. The molecule has 0 radical (unpaired) electrons. The molecule has 10 nitrogen and oxygen atoms in total. The molecule has 0 aliphatic rings. The van der Waals surface area contributed by atoms with E-state index in [1.54, 1.807) is 17.5 Å². The van der Waals surface area contributed by atoms with Crippen molar-refractivity contribution in [3.63, 3.8) is 0 Å². The first-order valence-electron chi connectivity index (χ1n) is 11.9. The van der Waals surface area contributed by atoms with Crippen LogP contribution in [0.3, 0.4) is 0 Å². The SMILES string of the molecule is NC(=O)C(Cc1ccc(O)cc1)NC(=O)c1csc(C(N)CCCCNC(=O)OCc2ccccc2)n1. The first-order valence-corrected chi connectivity index (χ1v) is 12.7. The van der Waals surface area contributed by atoms with Gasteiger partial charge in [0, 0.05) is 18.3 Å². The van der Waals surface area contributed by atoms with Gasteiger partial charge in [-0.1, -0.05) is 42.5 Å². The van der Waals surface area contributed by atoms with E-state index in [1.807, 2.05) is 30.3 Å². The second kappa shape index (κ2) is 14.0. The van der Waals surface area contributed by atoms with E-state index in [0.717, 1.165) is 17.5 Å². The third kappa shape index (κ3) is 9.21. The molecule has 3 rings (SSSR count). The van der Waals surface area contributed by atoms with Crippen LogP contribution in [0.25, 0.3) is 0 Å². The molecule has 1 aromatic heterocycles. The number of thiazole rings is 1. The summed E-state index contributed by atoms with van der Waals surface area (Å²) in [5, 5.41) is 16.9. The first-order chi connectivity index (χ1) is 17.8. The number of ether oxygens (including phenoxy) is 1. The molecule has 0 fully saturated rings. The van der Waals surface area contributed by atoms with Crippen LogP contribution in [0, 0.1) is 0 Å². The van der Waals surface area contributed by atoms with Crippen LogP contribution in [-0.2, 0) is 22.6 Å². The predicted octanol–water partition coefficient (Wildman–Crippen LogP) is 2.77. The number of nitrogens with two attached hydrogens (primary N) is 2. The molecule has 0 spiro atoms. The number of carbonyl (C=O) groups excluding carboxylic acids is 3. The van der Waals surface area contributed by atoms with Crippen molar-refractivity contribution >= 4 is 29.2 Å². The highest BCUT2D eigenvalue weighted by atomic mass is 32.1. The Morgan fingerprint density at radius 2 is 1.76 bits per heavy atom. The summed E-state index contributed by atoms with van der Waals surface area (Å²) < 4.78 is 5.17. The summed E-state index contributed by atoms with van der Waals surface area (Å²) in [6.45, 7) is 0.676. The number of benzene rings is 2. The van der Waals surface area contributed by atoms with Crippen LogP contribution in [0.5, 0.6) is 5.75 Å². The van der Waals surface area contributed by atoms with E-state index in [-0.39, 0.29) is 30.5 Å². The van der Waals surface area contributed by atoms with Crippen molar-refractivity contribution in [1.29, 1.82) is 0 Å². The van der Waals surface area contributed by atoms with Gasteiger partial charge in [-0.15, -0.1) is 11.3 Å². The molecule has 11 heteroatoms. The van der Waals surface area contributed by atoms with E-state index in [2.05, 4.69) is 15.6 Å².